The molecule has 0 spiro atoms. The maximum absolute atomic E-state index is 13.4. The monoisotopic (exact) mass is 454 g/mol. The highest BCUT2D eigenvalue weighted by molar-refractivity contribution is 7.92. The van der Waals surface area contributed by atoms with Crippen molar-refractivity contribution in [1.82, 2.24) is 0 Å². The van der Waals surface area contributed by atoms with Gasteiger partial charge in [-0.2, -0.15) is 0 Å². The Balaban J connectivity index is 1.99. The van der Waals surface area contributed by atoms with Crippen molar-refractivity contribution >= 4 is 27.3 Å². The van der Waals surface area contributed by atoms with Crippen LogP contribution in [-0.2, 0) is 14.8 Å². The standard InChI is InChI=1S/C24H26N2O5S/c1-17-10-11-19(14-18(17)2)25-24(27)16-26(32(28,29)21-8-6-5-7-9-21)20-12-13-22(30-3)23(15-20)31-4/h5-15H,16H2,1-4H3,(H,25,27). The van der Waals surface area contributed by atoms with Crippen LogP contribution < -0.4 is 19.1 Å². The molecule has 3 aromatic carbocycles. The first-order valence-electron chi connectivity index (χ1n) is 9.93. The molecule has 0 atom stereocenters. The number of sulfonamides is 1. The number of methoxy groups -OCH3 is 2. The fraction of sp³-hybridized carbons (Fsp3) is 0.208. The number of aryl methyl sites for hydroxylation is 2. The first kappa shape index (κ1) is 23.1. The molecule has 8 heteroatoms. The predicted octanol–water partition coefficient (Wildman–Crippen LogP) is 4.15. The SMILES string of the molecule is COc1ccc(N(CC(=O)Nc2ccc(C)c(C)c2)S(=O)(=O)c2ccccc2)cc1OC. The molecule has 0 fully saturated rings. The van der Waals surface area contributed by atoms with E-state index in [-0.39, 0.29) is 10.6 Å². The van der Waals surface area contributed by atoms with Crippen LogP contribution >= 0.6 is 0 Å². The van der Waals surface area contributed by atoms with Crippen LogP contribution in [0, 0.1) is 13.8 Å². The molecule has 0 heterocycles. The summed E-state index contributed by atoms with van der Waals surface area (Å²) in [6, 6.07) is 18.2. The molecule has 1 amide bonds. The number of hydrogen-bond donors (Lipinski definition) is 1. The Labute approximate surface area is 188 Å². The van der Waals surface area contributed by atoms with Crippen molar-refractivity contribution in [2.75, 3.05) is 30.4 Å². The van der Waals surface area contributed by atoms with Gasteiger partial charge in [0.15, 0.2) is 11.5 Å². The minimum absolute atomic E-state index is 0.0776. The number of hydrogen-bond acceptors (Lipinski definition) is 5. The summed E-state index contributed by atoms with van der Waals surface area (Å²) in [5.74, 6) is 0.336. The number of carbonyl (C=O) groups excluding carboxylic acids is 1. The van der Waals surface area contributed by atoms with Gasteiger partial charge in [0.1, 0.15) is 6.54 Å². The Hall–Kier alpha value is -3.52. The zero-order valence-corrected chi connectivity index (χ0v) is 19.3. The molecular formula is C24H26N2O5S. The van der Waals surface area contributed by atoms with Gasteiger partial charge in [-0.05, 0) is 61.4 Å². The average molecular weight is 455 g/mol. The van der Waals surface area contributed by atoms with Crippen molar-refractivity contribution in [3.05, 3.63) is 77.9 Å². The molecule has 0 bridgehead atoms. The Bertz CT molecular complexity index is 1210. The molecule has 0 aliphatic heterocycles. The van der Waals surface area contributed by atoms with E-state index in [4.69, 9.17) is 9.47 Å². The molecule has 32 heavy (non-hydrogen) atoms. The van der Waals surface area contributed by atoms with E-state index in [9.17, 15) is 13.2 Å². The Morgan fingerprint density at radius 3 is 2.19 bits per heavy atom. The van der Waals surface area contributed by atoms with Crippen molar-refractivity contribution in [1.29, 1.82) is 0 Å². The van der Waals surface area contributed by atoms with Crippen LogP contribution in [0.4, 0.5) is 11.4 Å². The largest absolute Gasteiger partial charge is 0.493 e. The van der Waals surface area contributed by atoms with E-state index in [1.165, 1.54) is 32.4 Å². The summed E-state index contributed by atoms with van der Waals surface area (Å²) in [6.45, 7) is 3.51. The van der Waals surface area contributed by atoms with Gasteiger partial charge in [0, 0.05) is 11.8 Å². The molecule has 3 aromatic rings. The van der Waals surface area contributed by atoms with Gasteiger partial charge in [0.25, 0.3) is 10.0 Å². The minimum atomic E-state index is -4.02. The summed E-state index contributed by atoms with van der Waals surface area (Å²) in [7, 11) is -1.07. The molecule has 168 valence electrons. The van der Waals surface area contributed by atoms with Crippen LogP contribution in [0.1, 0.15) is 11.1 Å². The van der Waals surface area contributed by atoms with Crippen molar-refractivity contribution in [2.45, 2.75) is 18.7 Å². The Morgan fingerprint density at radius 1 is 0.875 bits per heavy atom. The predicted molar refractivity (Wildman–Crippen MR) is 125 cm³/mol. The molecule has 1 N–H and O–H groups in total. The van der Waals surface area contributed by atoms with Crippen LogP contribution in [0.2, 0.25) is 0 Å². The van der Waals surface area contributed by atoms with E-state index >= 15 is 0 Å². The first-order valence-corrected chi connectivity index (χ1v) is 11.4. The second kappa shape index (κ2) is 9.74. The quantitative estimate of drug-likeness (QED) is 0.553. The number of amides is 1. The lowest BCUT2D eigenvalue weighted by Crippen LogP contribution is -2.38. The van der Waals surface area contributed by atoms with Crippen LogP contribution in [0.3, 0.4) is 0 Å². The molecule has 0 radical (unpaired) electrons. The highest BCUT2D eigenvalue weighted by atomic mass is 32.2. The van der Waals surface area contributed by atoms with Gasteiger partial charge in [0.2, 0.25) is 5.91 Å². The molecule has 0 saturated carbocycles. The van der Waals surface area contributed by atoms with Crippen LogP contribution in [0.25, 0.3) is 0 Å². The molecule has 7 nitrogen and oxygen atoms in total. The van der Waals surface area contributed by atoms with Gasteiger partial charge in [-0.1, -0.05) is 24.3 Å². The number of nitrogens with one attached hydrogen (secondary N) is 1. The highest BCUT2D eigenvalue weighted by Crippen LogP contribution is 2.33. The third kappa shape index (κ3) is 5.03. The topological polar surface area (TPSA) is 84.9 Å². The highest BCUT2D eigenvalue weighted by Gasteiger charge is 2.28. The Morgan fingerprint density at radius 2 is 1.56 bits per heavy atom. The minimum Gasteiger partial charge on any atom is -0.493 e. The molecule has 3 rings (SSSR count). The number of rotatable bonds is 8. The maximum Gasteiger partial charge on any atom is 0.264 e. The van der Waals surface area contributed by atoms with E-state index in [1.54, 1.807) is 36.4 Å². The maximum atomic E-state index is 13.4. The summed E-state index contributed by atoms with van der Waals surface area (Å²) >= 11 is 0. The van der Waals surface area contributed by atoms with E-state index in [2.05, 4.69) is 5.32 Å². The number of anilines is 2. The van der Waals surface area contributed by atoms with Gasteiger partial charge >= 0.3 is 0 Å². The van der Waals surface area contributed by atoms with Gasteiger partial charge in [0.05, 0.1) is 24.8 Å². The number of ether oxygens (including phenoxy) is 2. The van der Waals surface area contributed by atoms with Gasteiger partial charge in [-0.25, -0.2) is 8.42 Å². The lowest BCUT2D eigenvalue weighted by Gasteiger charge is -2.25. The zero-order chi connectivity index (χ0) is 23.3. The molecule has 0 saturated heterocycles. The summed E-state index contributed by atoms with van der Waals surface area (Å²) in [6.07, 6.45) is 0. The summed E-state index contributed by atoms with van der Waals surface area (Å²) in [5, 5.41) is 2.78. The van der Waals surface area contributed by atoms with Gasteiger partial charge in [-0.3, -0.25) is 9.10 Å². The van der Waals surface area contributed by atoms with Crippen molar-refractivity contribution in [2.24, 2.45) is 0 Å². The van der Waals surface area contributed by atoms with E-state index in [0.717, 1.165) is 15.4 Å². The second-order valence-electron chi connectivity index (χ2n) is 7.21. The van der Waals surface area contributed by atoms with Crippen molar-refractivity contribution in [3.8, 4) is 11.5 Å². The summed E-state index contributed by atoms with van der Waals surface area (Å²) in [5.41, 5.74) is 3.00. The molecule has 0 aromatic heterocycles. The number of carbonyl (C=O) groups is 1. The third-order valence-corrected chi connectivity index (χ3v) is 6.85. The molecular weight excluding hydrogens is 428 g/mol. The van der Waals surface area contributed by atoms with Gasteiger partial charge < -0.3 is 14.8 Å². The van der Waals surface area contributed by atoms with Crippen LogP contribution in [0.5, 0.6) is 11.5 Å². The van der Waals surface area contributed by atoms with Crippen molar-refractivity contribution < 1.29 is 22.7 Å². The van der Waals surface area contributed by atoms with E-state index < -0.39 is 22.5 Å². The zero-order valence-electron chi connectivity index (χ0n) is 18.5. The lowest BCUT2D eigenvalue weighted by molar-refractivity contribution is -0.114. The number of benzene rings is 3. The number of nitrogens with zero attached hydrogens (tertiary/aromatic N) is 1. The van der Waals surface area contributed by atoms with Gasteiger partial charge in [-0.15, -0.1) is 0 Å². The summed E-state index contributed by atoms with van der Waals surface area (Å²) in [4.78, 5) is 13.0. The lowest BCUT2D eigenvalue weighted by atomic mass is 10.1. The Kier molecular flexibility index (Phi) is 7.05. The smallest absolute Gasteiger partial charge is 0.264 e. The van der Waals surface area contributed by atoms with Crippen molar-refractivity contribution in [3.63, 3.8) is 0 Å². The first-order chi connectivity index (χ1) is 15.3. The molecule has 0 aliphatic carbocycles. The van der Waals surface area contributed by atoms with E-state index in [0.29, 0.717) is 17.2 Å². The second-order valence-corrected chi connectivity index (χ2v) is 9.07. The van der Waals surface area contributed by atoms with Crippen LogP contribution in [-0.4, -0.2) is 35.1 Å². The molecule has 0 unspecified atom stereocenters. The molecule has 0 aliphatic rings. The fourth-order valence-electron chi connectivity index (χ4n) is 3.16. The normalized spacial score (nSPS) is 11.0. The van der Waals surface area contributed by atoms with Crippen LogP contribution in [0.15, 0.2) is 71.6 Å². The summed E-state index contributed by atoms with van der Waals surface area (Å²) < 4.78 is 38.5. The average Bonchev–Trinajstić information content (AvgIpc) is 2.80. The fourth-order valence-corrected chi connectivity index (χ4v) is 4.60. The third-order valence-electron chi connectivity index (χ3n) is 5.06. The van der Waals surface area contributed by atoms with E-state index in [1.807, 2.05) is 26.0 Å².